The van der Waals surface area contributed by atoms with Crippen LogP contribution in [0, 0.1) is 17.8 Å². The Morgan fingerprint density at radius 1 is 0.944 bits per heavy atom. The molecule has 0 aromatic heterocycles. The van der Waals surface area contributed by atoms with E-state index in [-0.39, 0.29) is 0 Å². The minimum atomic E-state index is 0.817. The highest BCUT2D eigenvalue weighted by Gasteiger charge is 2.34. The predicted octanol–water partition coefficient (Wildman–Crippen LogP) is 4.76. The zero-order valence-electron chi connectivity index (χ0n) is 12.6. The molecule has 0 radical (unpaired) electrons. The Morgan fingerprint density at radius 3 is 2.44 bits per heavy atom. The van der Waals surface area contributed by atoms with E-state index in [0.717, 1.165) is 23.8 Å². The minimum Gasteiger partial charge on any atom is -0.314 e. The molecule has 2 aliphatic carbocycles. The van der Waals surface area contributed by atoms with Gasteiger partial charge in [0.25, 0.3) is 0 Å². The van der Waals surface area contributed by atoms with Crippen LogP contribution in [-0.2, 0) is 0 Å². The van der Waals surface area contributed by atoms with Gasteiger partial charge in [-0.15, -0.1) is 0 Å². The largest absolute Gasteiger partial charge is 0.314 e. The zero-order valence-corrected chi connectivity index (χ0v) is 12.6. The van der Waals surface area contributed by atoms with Gasteiger partial charge in [0.1, 0.15) is 0 Å². The number of rotatable bonds is 6. The lowest BCUT2D eigenvalue weighted by Gasteiger charge is -2.42. The first-order valence-corrected chi connectivity index (χ1v) is 8.58. The van der Waals surface area contributed by atoms with E-state index < -0.39 is 0 Å². The molecule has 4 unspecified atom stereocenters. The van der Waals surface area contributed by atoms with Gasteiger partial charge in [0.15, 0.2) is 0 Å². The Labute approximate surface area is 114 Å². The van der Waals surface area contributed by atoms with Crippen molar-refractivity contribution >= 4 is 0 Å². The van der Waals surface area contributed by atoms with Crippen LogP contribution in [0.1, 0.15) is 78.1 Å². The highest BCUT2D eigenvalue weighted by molar-refractivity contribution is 4.88. The summed E-state index contributed by atoms with van der Waals surface area (Å²) in [6.07, 6.45) is 14.7. The SMILES string of the molecule is CCCNC(CCC)C1CCC2CCCCC2C1. The molecule has 0 aromatic rings. The third kappa shape index (κ3) is 3.73. The van der Waals surface area contributed by atoms with Gasteiger partial charge in [0, 0.05) is 6.04 Å². The summed E-state index contributed by atoms with van der Waals surface area (Å²) in [5, 5.41) is 3.84. The average molecular weight is 251 g/mol. The lowest BCUT2D eigenvalue weighted by atomic mass is 9.66. The van der Waals surface area contributed by atoms with Gasteiger partial charge in [-0.2, -0.15) is 0 Å². The molecule has 2 aliphatic rings. The van der Waals surface area contributed by atoms with Gasteiger partial charge in [-0.3, -0.25) is 0 Å². The summed E-state index contributed by atoms with van der Waals surface area (Å²) in [6, 6.07) is 0.817. The Bertz CT molecular complexity index is 226. The normalized spacial score (nSPS) is 34.0. The van der Waals surface area contributed by atoms with Crippen molar-refractivity contribution in [2.75, 3.05) is 6.54 Å². The molecule has 0 aromatic carbocycles. The lowest BCUT2D eigenvalue weighted by molar-refractivity contribution is 0.107. The maximum absolute atomic E-state index is 3.84. The van der Waals surface area contributed by atoms with E-state index in [4.69, 9.17) is 0 Å². The molecule has 4 atom stereocenters. The Hall–Kier alpha value is -0.0400. The quantitative estimate of drug-likeness (QED) is 0.717. The molecule has 1 N–H and O–H groups in total. The van der Waals surface area contributed by atoms with Gasteiger partial charge in [-0.05, 0) is 56.4 Å². The molecule has 1 heteroatoms. The maximum atomic E-state index is 3.84. The second-order valence-electron chi connectivity index (χ2n) is 6.73. The molecule has 0 heterocycles. The topological polar surface area (TPSA) is 12.0 Å². The molecular formula is C17H33N. The van der Waals surface area contributed by atoms with Gasteiger partial charge in [0.2, 0.25) is 0 Å². The molecule has 0 saturated heterocycles. The van der Waals surface area contributed by atoms with Gasteiger partial charge in [-0.25, -0.2) is 0 Å². The molecular weight excluding hydrogens is 218 g/mol. The number of hydrogen-bond acceptors (Lipinski definition) is 1. The summed E-state index contributed by atoms with van der Waals surface area (Å²) >= 11 is 0. The molecule has 1 nitrogen and oxygen atoms in total. The second kappa shape index (κ2) is 7.53. The van der Waals surface area contributed by atoms with Crippen molar-refractivity contribution < 1.29 is 0 Å². The van der Waals surface area contributed by atoms with Gasteiger partial charge >= 0.3 is 0 Å². The third-order valence-corrected chi connectivity index (χ3v) is 5.41. The molecule has 2 fully saturated rings. The van der Waals surface area contributed by atoms with Crippen LogP contribution in [0.2, 0.25) is 0 Å². The van der Waals surface area contributed by atoms with E-state index in [0.29, 0.717) is 0 Å². The molecule has 0 spiro atoms. The van der Waals surface area contributed by atoms with Crippen molar-refractivity contribution in [2.24, 2.45) is 17.8 Å². The third-order valence-electron chi connectivity index (χ3n) is 5.41. The minimum absolute atomic E-state index is 0.817. The van der Waals surface area contributed by atoms with Crippen LogP contribution < -0.4 is 5.32 Å². The highest BCUT2D eigenvalue weighted by Crippen LogP contribution is 2.43. The van der Waals surface area contributed by atoms with Crippen molar-refractivity contribution in [3.8, 4) is 0 Å². The van der Waals surface area contributed by atoms with Crippen molar-refractivity contribution in [3.05, 3.63) is 0 Å². The molecule has 18 heavy (non-hydrogen) atoms. The number of nitrogens with one attached hydrogen (secondary N) is 1. The molecule has 0 aliphatic heterocycles. The molecule has 2 rings (SSSR count). The van der Waals surface area contributed by atoms with Crippen LogP contribution >= 0.6 is 0 Å². The van der Waals surface area contributed by atoms with Crippen molar-refractivity contribution in [1.82, 2.24) is 5.32 Å². The van der Waals surface area contributed by atoms with Crippen LogP contribution in [-0.4, -0.2) is 12.6 Å². The fourth-order valence-corrected chi connectivity index (χ4v) is 4.42. The fourth-order valence-electron chi connectivity index (χ4n) is 4.42. The summed E-state index contributed by atoms with van der Waals surface area (Å²) in [4.78, 5) is 0. The van der Waals surface area contributed by atoms with Gasteiger partial charge in [-0.1, -0.05) is 46.0 Å². The molecule has 106 valence electrons. The average Bonchev–Trinajstić information content (AvgIpc) is 2.43. The van der Waals surface area contributed by atoms with Crippen molar-refractivity contribution in [3.63, 3.8) is 0 Å². The highest BCUT2D eigenvalue weighted by atomic mass is 14.9. The number of hydrogen-bond donors (Lipinski definition) is 1. The molecule has 0 bridgehead atoms. The fraction of sp³-hybridized carbons (Fsp3) is 1.00. The van der Waals surface area contributed by atoms with E-state index in [9.17, 15) is 0 Å². The second-order valence-corrected chi connectivity index (χ2v) is 6.73. The van der Waals surface area contributed by atoms with Crippen molar-refractivity contribution in [2.45, 2.75) is 84.1 Å². The molecule has 0 amide bonds. The van der Waals surface area contributed by atoms with Crippen LogP contribution in [0.3, 0.4) is 0 Å². The Morgan fingerprint density at radius 2 is 1.72 bits per heavy atom. The zero-order chi connectivity index (χ0) is 12.8. The van der Waals surface area contributed by atoms with Gasteiger partial charge in [0.05, 0.1) is 0 Å². The van der Waals surface area contributed by atoms with Crippen LogP contribution in [0.15, 0.2) is 0 Å². The number of fused-ring (bicyclic) bond motifs is 1. The first kappa shape index (κ1) is 14.4. The monoisotopic (exact) mass is 251 g/mol. The van der Waals surface area contributed by atoms with E-state index in [2.05, 4.69) is 19.2 Å². The first-order chi connectivity index (χ1) is 8.85. The van der Waals surface area contributed by atoms with Crippen molar-refractivity contribution in [1.29, 1.82) is 0 Å². The summed E-state index contributed by atoms with van der Waals surface area (Å²) in [5.74, 6) is 3.17. The lowest BCUT2D eigenvalue weighted by Crippen LogP contribution is -2.41. The maximum Gasteiger partial charge on any atom is 0.00953 e. The van der Waals surface area contributed by atoms with Crippen LogP contribution in [0.4, 0.5) is 0 Å². The summed E-state index contributed by atoms with van der Waals surface area (Å²) in [5.41, 5.74) is 0. The summed E-state index contributed by atoms with van der Waals surface area (Å²) in [6.45, 7) is 5.84. The Balaban J connectivity index is 1.86. The van der Waals surface area contributed by atoms with E-state index >= 15 is 0 Å². The molecule has 2 saturated carbocycles. The van der Waals surface area contributed by atoms with Gasteiger partial charge < -0.3 is 5.32 Å². The summed E-state index contributed by atoms with van der Waals surface area (Å²) in [7, 11) is 0. The first-order valence-electron chi connectivity index (χ1n) is 8.58. The Kier molecular flexibility index (Phi) is 6.01. The predicted molar refractivity (Wildman–Crippen MR) is 79.8 cm³/mol. The van der Waals surface area contributed by atoms with E-state index in [1.54, 1.807) is 0 Å². The van der Waals surface area contributed by atoms with Crippen LogP contribution in [0.5, 0.6) is 0 Å². The van der Waals surface area contributed by atoms with Crippen LogP contribution in [0.25, 0.3) is 0 Å². The summed E-state index contributed by atoms with van der Waals surface area (Å²) < 4.78 is 0. The van der Waals surface area contributed by atoms with E-state index in [1.165, 1.54) is 70.8 Å². The smallest absolute Gasteiger partial charge is 0.00953 e. The van der Waals surface area contributed by atoms with E-state index in [1.807, 2.05) is 0 Å². The standard InChI is InChI=1S/C17H33N/c1-3-7-17(18-12-4-2)16-11-10-14-8-5-6-9-15(14)13-16/h14-18H,3-13H2,1-2H3.